The number of aromatic nitrogens is 1. The van der Waals surface area contributed by atoms with Crippen LogP contribution >= 0.6 is 0 Å². The molecule has 120 valence electrons. The summed E-state index contributed by atoms with van der Waals surface area (Å²) in [6.45, 7) is 2.07. The van der Waals surface area contributed by atoms with Gasteiger partial charge in [0, 0.05) is 12.4 Å². The van der Waals surface area contributed by atoms with Gasteiger partial charge in [-0.2, -0.15) is 0 Å². The highest BCUT2D eigenvalue weighted by atomic mass is 16.1. The molecule has 1 unspecified atom stereocenters. The number of amides is 1. The van der Waals surface area contributed by atoms with Gasteiger partial charge in [0.05, 0.1) is 12.5 Å². The maximum Gasteiger partial charge on any atom is 0.225 e. The standard InChI is InChI=1S/C21H20N2O/c1-16-7-5-6-10-19(16)21(18-8-3-2-4-9-18)23-20(24)15-17-11-13-22-14-12-17/h2-14,21H,15H2,1H3,(H,23,24). The van der Waals surface area contributed by atoms with E-state index < -0.39 is 0 Å². The Morgan fingerprint density at radius 2 is 1.62 bits per heavy atom. The van der Waals surface area contributed by atoms with Crippen LogP contribution in [0.1, 0.15) is 28.3 Å². The van der Waals surface area contributed by atoms with Crippen molar-refractivity contribution in [1.82, 2.24) is 10.3 Å². The van der Waals surface area contributed by atoms with Gasteiger partial charge in [0.2, 0.25) is 5.91 Å². The Labute approximate surface area is 142 Å². The predicted octanol–water partition coefficient (Wildman–Crippen LogP) is 3.84. The molecule has 3 heteroatoms. The summed E-state index contributed by atoms with van der Waals surface area (Å²) < 4.78 is 0. The van der Waals surface area contributed by atoms with E-state index in [2.05, 4.69) is 29.4 Å². The lowest BCUT2D eigenvalue weighted by Crippen LogP contribution is -2.31. The molecule has 0 bridgehead atoms. The second-order valence-corrected chi connectivity index (χ2v) is 5.80. The minimum Gasteiger partial charge on any atom is -0.345 e. The van der Waals surface area contributed by atoms with Gasteiger partial charge in [-0.3, -0.25) is 9.78 Å². The number of hydrogen-bond acceptors (Lipinski definition) is 2. The minimum atomic E-state index is -0.151. The van der Waals surface area contributed by atoms with Crippen molar-refractivity contribution in [1.29, 1.82) is 0 Å². The van der Waals surface area contributed by atoms with Gasteiger partial charge in [-0.05, 0) is 41.3 Å². The number of hydrogen-bond donors (Lipinski definition) is 1. The molecular weight excluding hydrogens is 296 g/mol. The predicted molar refractivity (Wildman–Crippen MR) is 95.5 cm³/mol. The molecule has 3 aromatic rings. The van der Waals surface area contributed by atoms with Gasteiger partial charge in [0.15, 0.2) is 0 Å². The highest BCUT2D eigenvalue weighted by molar-refractivity contribution is 5.79. The summed E-state index contributed by atoms with van der Waals surface area (Å²) in [5.74, 6) is -0.00157. The van der Waals surface area contributed by atoms with Crippen LogP contribution in [0, 0.1) is 6.92 Å². The molecule has 0 saturated heterocycles. The summed E-state index contributed by atoms with van der Waals surface area (Å²) in [7, 11) is 0. The van der Waals surface area contributed by atoms with Crippen molar-refractivity contribution >= 4 is 5.91 Å². The van der Waals surface area contributed by atoms with Crippen molar-refractivity contribution in [2.45, 2.75) is 19.4 Å². The van der Waals surface area contributed by atoms with E-state index in [0.717, 1.165) is 22.3 Å². The first-order chi connectivity index (χ1) is 11.7. The Morgan fingerprint density at radius 1 is 0.958 bits per heavy atom. The molecule has 1 amide bonds. The lowest BCUT2D eigenvalue weighted by atomic mass is 9.94. The van der Waals surface area contributed by atoms with Crippen LogP contribution in [0.3, 0.4) is 0 Å². The number of rotatable bonds is 5. The average molecular weight is 316 g/mol. The van der Waals surface area contributed by atoms with E-state index in [1.165, 1.54) is 0 Å². The molecule has 0 aliphatic carbocycles. The van der Waals surface area contributed by atoms with Crippen molar-refractivity contribution in [2.75, 3.05) is 0 Å². The second-order valence-electron chi connectivity index (χ2n) is 5.80. The van der Waals surface area contributed by atoms with Gasteiger partial charge in [-0.1, -0.05) is 54.6 Å². The normalized spacial score (nSPS) is 11.7. The quantitative estimate of drug-likeness (QED) is 0.777. The fraction of sp³-hybridized carbons (Fsp3) is 0.143. The Morgan fingerprint density at radius 3 is 2.33 bits per heavy atom. The van der Waals surface area contributed by atoms with E-state index in [-0.39, 0.29) is 11.9 Å². The molecule has 1 N–H and O–H groups in total. The second kappa shape index (κ2) is 7.55. The zero-order valence-corrected chi connectivity index (χ0v) is 13.6. The number of pyridine rings is 1. The Balaban J connectivity index is 1.86. The zero-order valence-electron chi connectivity index (χ0n) is 13.6. The number of carbonyl (C=O) groups excluding carboxylic acids is 1. The third-order valence-corrected chi connectivity index (χ3v) is 4.05. The topological polar surface area (TPSA) is 42.0 Å². The molecule has 0 saturated carbocycles. The van der Waals surface area contributed by atoms with Gasteiger partial charge in [0.1, 0.15) is 0 Å². The van der Waals surface area contributed by atoms with E-state index in [1.54, 1.807) is 12.4 Å². The van der Waals surface area contributed by atoms with E-state index in [4.69, 9.17) is 0 Å². The van der Waals surface area contributed by atoms with Crippen LogP contribution in [0.25, 0.3) is 0 Å². The Kier molecular flexibility index (Phi) is 5.02. The van der Waals surface area contributed by atoms with Crippen LogP contribution in [-0.2, 0) is 11.2 Å². The minimum absolute atomic E-state index is 0.00157. The van der Waals surface area contributed by atoms with Crippen molar-refractivity contribution in [3.63, 3.8) is 0 Å². The maximum atomic E-state index is 12.5. The lowest BCUT2D eigenvalue weighted by molar-refractivity contribution is -0.120. The molecule has 24 heavy (non-hydrogen) atoms. The van der Waals surface area contributed by atoms with Crippen LogP contribution in [-0.4, -0.2) is 10.9 Å². The molecular formula is C21H20N2O. The molecule has 0 aliphatic rings. The van der Waals surface area contributed by atoms with E-state index in [1.807, 2.05) is 54.6 Å². The number of nitrogens with one attached hydrogen (secondary N) is 1. The van der Waals surface area contributed by atoms with Crippen molar-refractivity contribution in [3.05, 3.63) is 101 Å². The number of carbonyl (C=O) groups is 1. The molecule has 1 heterocycles. The molecule has 2 aromatic carbocycles. The number of aryl methyl sites for hydroxylation is 1. The van der Waals surface area contributed by atoms with Crippen molar-refractivity contribution in [3.8, 4) is 0 Å². The van der Waals surface area contributed by atoms with Gasteiger partial charge in [-0.25, -0.2) is 0 Å². The molecule has 3 rings (SSSR count). The van der Waals surface area contributed by atoms with Crippen molar-refractivity contribution < 1.29 is 4.79 Å². The fourth-order valence-electron chi connectivity index (χ4n) is 2.79. The third-order valence-electron chi connectivity index (χ3n) is 4.05. The monoisotopic (exact) mass is 316 g/mol. The maximum absolute atomic E-state index is 12.5. The molecule has 0 fully saturated rings. The average Bonchev–Trinajstić information content (AvgIpc) is 2.62. The Bertz CT molecular complexity index is 800. The molecule has 0 aliphatic heterocycles. The van der Waals surface area contributed by atoms with Gasteiger partial charge in [0.25, 0.3) is 0 Å². The smallest absolute Gasteiger partial charge is 0.225 e. The summed E-state index contributed by atoms with van der Waals surface area (Å²) in [4.78, 5) is 16.5. The lowest BCUT2D eigenvalue weighted by Gasteiger charge is -2.21. The van der Waals surface area contributed by atoms with Gasteiger partial charge >= 0.3 is 0 Å². The number of nitrogens with zero attached hydrogens (tertiary/aromatic N) is 1. The molecule has 1 atom stereocenters. The first kappa shape index (κ1) is 15.9. The largest absolute Gasteiger partial charge is 0.345 e. The molecule has 3 nitrogen and oxygen atoms in total. The van der Waals surface area contributed by atoms with Crippen LogP contribution in [0.5, 0.6) is 0 Å². The van der Waals surface area contributed by atoms with Crippen LogP contribution in [0.2, 0.25) is 0 Å². The van der Waals surface area contributed by atoms with Crippen LogP contribution < -0.4 is 5.32 Å². The fourth-order valence-corrected chi connectivity index (χ4v) is 2.79. The van der Waals surface area contributed by atoms with Gasteiger partial charge < -0.3 is 5.32 Å². The van der Waals surface area contributed by atoms with E-state index in [9.17, 15) is 4.79 Å². The highest BCUT2D eigenvalue weighted by Gasteiger charge is 2.18. The summed E-state index contributed by atoms with van der Waals surface area (Å²) >= 11 is 0. The van der Waals surface area contributed by atoms with Crippen LogP contribution in [0.15, 0.2) is 79.1 Å². The zero-order chi connectivity index (χ0) is 16.8. The van der Waals surface area contributed by atoms with E-state index in [0.29, 0.717) is 6.42 Å². The Hall–Kier alpha value is -2.94. The summed E-state index contributed by atoms with van der Waals surface area (Å²) in [5, 5.41) is 3.18. The van der Waals surface area contributed by atoms with Crippen molar-refractivity contribution in [2.24, 2.45) is 0 Å². The van der Waals surface area contributed by atoms with E-state index >= 15 is 0 Å². The summed E-state index contributed by atoms with van der Waals surface area (Å²) in [6.07, 6.45) is 3.76. The molecule has 0 radical (unpaired) electrons. The highest BCUT2D eigenvalue weighted by Crippen LogP contribution is 2.24. The van der Waals surface area contributed by atoms with Gasteiger partial charge in [-0.15, -0.1) is 0 Å². The summed E-state index contributed by atoms with van der Waals surface area (Å²) in [5.41, 5.74) is 4.32. The summed E-state index contributed by atoms with van der Waals surface area (Å²) in [6, 6.07) is 21.8. The third kappa shape index (κ3) is 3.87. The molecule has 1 aromatic heterocycles. The first-order valence-electron chi connectivity index (χ1n) is 8.03. The SMILES string of the molecule is Cc1ccccc1C(NC(=O)Cc1ccncc1)c1ccccc1. The van der Waals surface area contributed by atoms with Crippen LogP contribution in [0.4, 0.5) is 0 Å². The number of benzene rings is 2. The molecule has 0 spiro atoms. The first-order valence-corrected chi connectivity index (χ1v) is 8.03.